The Kier molecular flexibility index (Phi) is 2.72. The predicted molar refractivity (Wildman–Crippen MR) is 98.6 cm³/mol. The number of hydrogen-bond donors (Lipinski definition) is 0. The van der Waals surface area contributed by atoms with Crippen molar-refractivity contribution in [2.24, 2.45) is 35.5 Å². The number of hydrogen-bond acceptors (Lipinski definition) is 0. The van der Waals surface area contributed by atoms with E-state index in [4.69, 9.17) is 0 Å². The van der Waals surface area contributed by atoms with Crippen LogP contribution in [0.5, 0.6) is 0 Å². The zero-order valence-corrected chi connectivity index (χ0v) is 14.0. The minimum absolute atomic E-state index is 0.792. The van der Waals surface area contributed by atoms with Crippen LogP contribution in [0, 0.1) is 35.5 Å². The van der Waals surface area contributed by atoms with Crippen molar-refractivity contribution in [3.63, 3.8) is 0 Å². The van der Waals surface area contributed by atoms with Gasteiger partial charge in [-0.2, -0.15) is 0 Å². The van der Waals surface area contributed by atoms with Crippen molar-refractivity contribution in [3.05, 3.63) is 72.3 Å². The van der Waals surface area contributed by atoms with E-state index in [0.29, 0.717) is 0 Å². The van der Waals surface area contributed by atoms with Crippen LogP contribution >= 0.6 is 0 Å². The number of benzene rings is 2. The van der Waals surface area contributed by atoms with E-state index in [0.717, 1.165) is 41.4 Å². The molecule has 6 rings (SSSR count). The molecule has 0 spiro atoms. The molecule has 0 nitrogen and oxygen atoms in total. The van der Waals surface area contributed by atoms with Crippen LogP contribution in [0.25, 0.3) is 11.1 Å². The van der Waals surface area contributed by atoms with E-state index < -0.39 is 0 Å². The normalized spacial score (nSPS) is 41.1. The van der Waals surface area contributed by atoms with Crippen LogP contribution in [0.3, 0.4) is 0 Å². The summed E-state index contributed by atoms with van der Waals surface area (Å²) in [5.74, 6) is 6.58. The van der Waals surface area contributed by atoms with Crippen LogP contribution in [-0.2, 0) is 0 Å². The largest absolute Gasteiger partial charge is 0.0848 e. The van der Waals surface area contributed by atoms with Crippen molar-refractivity contribution < 1.29 is 0 Å². The van der Waals surface area contributed by atoms with E-state index in [1.807, 2.05) is 0 Å². The van der Waals surface area contributed by atoms with Crippen molar-refractivity contribution in [1.29, 1.82) is 0 Å². The van der Waals surface area contributed by atoms with Gasteiger partial charge in [-0.15, -0.1) is 0 Å². The van der Waals surface area contributed by atoms with Gasteiger partial charge in [0.1, 0.15) is 0 Å². The number of allylic oxidation sites excluding steroid dienone is 2. The van der Waals surface area contributed by atoms with E-state index in [1.54, 1.807) is 5.56 Å². The molecule has 0 heterocycles. The van der Waals surface area contributed by atoms with Crippen molar-refractivity contribution in [1.82, 2.24) is 0 Å². The summed E-state index contributed by atoms with van der Waals surface area (Å²) in [5.41, 5.74) is 4.49. The molecule has 4 aliphatic carbocycles. The van der Waals surface area contributed by atoms with Crippen LogP contribution in [-0.4, -0.2) is 0 Å². The summed E-state index contributed by atoms with van der Waals surface area (Å²) < 4.78 is 0. The lowest BCUT2D eigenvalue weighted by Crippen LogP contribution is -2.30. The van der Waals surface area contributed by atoms with Gasteiger partial charge in [-0.05, 0) is 77.4 Å². The van der Waals surface area contributed by atoms with Crippen LogP contribution in [0.1, 0.15) is 30.7 Å². The topological polar surface area (TPSA) is 0 Å². The Morgan fingerprint density at radius 2 is 1.42 bits per heavy atom. The van der Waals surface area contributed by atoms with E-state index in [2.05, 4.69) is 66.7 Å². The quantitative estimate of drug-likeness (QED) is 0.477. The molecule has 4 bridgehead atoms. The molecular weight excluding hydrogens is 288 g/mol. The van der Waals surface area contributed by atoms with E-state index in [9.17, 15) is 0 Å². The molecule has 120 valence electrons. The predicted octanol–water partition coefficient (Wildman–Crippen LogP) is 5.92. The molecule has 3 saturated carbocycles. The molecule has 4 aliphatic rings. The molecule has 7 atom stereocenters. The lowest BCUT2D eigenvalue weighted by Gasteiger charge is -2.37. The highest BCUT2D eigenvalue weighted by Gasteiger charge is 2.61. The summed E-state index contributed by atoms with van der Waals surface area (Å²) in [6.07, 6.45) is 9.52. The lowest BCUT2D eigenvalue weighted by atomic mass is 9.67. The third kappa shape index (κ3) is 1.69. The van der Waals surface area contributed by atoms with Gasteiger partial charge in [0.05, 0.1) is 0 Å². The average Bonchev–Trinajstić information content (AvgIpc) is 3.41. The van der Waals surface area contributed by atoms with Gasteiger partial charge in [0, 0.05) is 0 Å². The van der Waals surface area contributed by atoms with Gasteiger partial charge in [0.25, 0.3) is 0 Å². The minimum Gasteiger partial charge on any atom is -0.0848 e. The summed E-state index contributed by atoms with van der Waals surface area (Å²) in [5, 5.41) is 0. The molecule has 24 heavy (non-hydrogen) atoms. The maximum absolute atomic E-state index is 2.56. The molecule has 3 fully saturated rings. The number of fused-ring (bicyclic) bond motifs is 9. The van der Waals surface area contributed by atoms with Gasteiger partial charge in [0.15, 0.2) is 0 Å². The van der Waals surface area contributed by atoms with Gasteiger partial charge in [-0.3, -0.25) is 0 Å². The minimum atomic E-state index is 0.792. The molecule has 2 aromatic rings. The van der Waals surface area contributed by atoms with Crippen molar-refractivity contribution >= 4 is 0 Å². The summed E-state index contributed by atoms with van der Waals surface area (Å²) >= 11 is 0. The third-order valence-corrected chi connectivity index (χ3v) is 7.72. The molecule has 0 radical (unpaired) electrons. The van der Waals surface area contributed by atoms with Crippen LogP contribution in [0.2, 0.25) is 0 Å². The van der Waals surface area contributed by atoms with Gasteiger partial charge in [-0.1, -0.05) is 66.7 Å². The van der Waals surface area contributed by atoms with Gasteiger partial charge >= 0.3 is 0 Å². The molecule has 2 aromatic carbocycles. The van der Waals surface area contributed by atoms with E-state index in [-0.39, 0.29) is 0 Å². The lowest BCUT2D eigenvalue weighted by molar-refractivity contribution is 0.185. The maximum atomic E-state index is 2.56. The fourth-order valence-electron chi connectivity index (χ4n) is 7.07. The molecule has 0 saturated heterocycles. The monoisotopic (exact) mass is 312 g/mol. The van der Waals surface area contributed by atoms with E-state index in [1.165, 1.54) is 30.4 Å². The van der Waals surface area contributed by atoms with Crippen LogP contribution in [0.4, 0.5) is 0 Å². The summed E-state index contributed by atoms with van der Waals surface area (Å²) in [6.45, 7) is 0. The van der Waals surface area contributed by atoms with E-state index >= 15 is 0 Å². The fraction of sp³-hybridized carbons (Fsp3) is 0.417. The molecule has 0 aliphatic heterocycles. The molecular formula is C24H24. The second-order valence-electron chi connectivity index (χ2n) is 8.56. The van der Waals surface area contributed by atoms with Crippen molar-refractivity contribution in [2.75, 3.05) is 0 Å². The molecule has 0 heteroatoms. The fourth-order valence-corrected chi connectivity index (χ4v) is 7.07. The Balaban J connectivity index is 1.41. The first-order valence-corrected chi connectivity index (χ1v) is 9.73. The second kappa shape index (κ2) is 4.85. The van der Waals surface area contributed by atoms with Gasteiger partial charge in [-0.25, -0.2) is 0 Å². The SMILES string of the molecule is C1=CC2CC1C1C3CC(c4ccccc4-c4ccccc4)C(C3)C21. The first-order chi connectivity index (χ1) is 11.9. The highest BCUT2D eigenvalue weighted by Crippen LogP contribution is 2.69. The number of rotatable bonds is 2. The Morgan fingerprint density at radius 3 is 2.29 bits per heavy atom. The van der Waals surface area contributed by atoms with Gasteiger partial charge < -0.3 is 0 Å². The zero-order chi connectivity index (χ0) is 15.7. The zero-order valence-electron chi connectivity index (χ0n) is 14.0. The first-order valence-electron chi connectivity index (χ1n) is 9.73. The smallest absolute Gasteiger partial charge is 0.0122 e. The highest BCUT2D eigenvalue weighted by molar-refractivity contribution is 5.68. The standard InChI is InChI=1S/C24H24/c1-2-6-15(7-3-1)19-8-4-5-9-20(19)21-13-18-14-22(21)24-17-11-10-16(12-17)23(18)24/h1-11,16-18,21-24H,12-14H2. The van der Waals surface area contributed by atoms with Crippen molar-refractivity contribution in [2.45, 2.75) is 25.2 Å². The molecule has 7 unspecified atom stereocenters. The van der Waals surface area contributed by atoms with Crippen LogP contribution in [0.15, 0.2) is 66.7 Å². The average molecular weight is 312 g/mol. The Morgan fingerprint density at radius 1 is 0.667 bits per heavy atom. The summed E-state index contributed by atoms with van der Waals surface area (Å²) in [7, 11) is 0. The van der Waals surface area contributed by atoms with Crippen molar-refractivity contribution in [3.8, 4) is 11.1 Å². The molecule has 0 aromatic heterocycles. The molecule has 0 amide bonds. The van der Waals surface area contributed by atoms with Crippen LogP contribution < -0.4 is 0 Å². The summed E-state index contributed by atoms with van der Waals surface area (Å²) in [4.78, 5) is 0. The Labute approximate surface area is 144 Å². The third-order valence-electron chi connectivity index (χ3n) is 7.72. The highest BCUT2D eigenvalue weighted by atomic mass is 14.6. The first kappa shape index (κ1) is 13.5. The second-order valence-corrected chi connectivity index (χ2v) is 8.56. The van der Waals surface area contributed by atoms with Gasteiger partial charge in [0.2, 0.25) is 0 Å². The summed E-state index contributed by atoms with van der Waals surface area (Å²) in [6, 6.07) is 20.2. The molecule has 0 N–H and O–H groups in total. The Hall–Kier alpha value is -1.82. The Bertz CT molecular complexity index is 802. The maximum Gasteiger partial charge on any atom is -0.0122 e.